The van der Waals surface area contributed by atoms with Gasteiger partial charge in [-0.25, -0.2) is 8.42 Å². The van der Waals surface area contributed by atoms with E-state index in [4.69, 9.17) is 0 Å². The highest BCUT2D eigenvalue weighted by molar-refractivity contribution is 7.99. The van der Waals surface area contributed by atoms with Crippen LogP contribution in [0.3, 0.4) is 0 Å². The van der Waals surface area contributed by atoms with E-state index < -0.39 is 9.84 Å². The normalized spacial score (nSPS) is 11.1. The quantitative estimate of drug-likeness (QED) is 0.647. The summed E-state index contributed by atoms with van der Waals surface area (Å²) in [7, 11) is -3.32. The first kappa shape index (κ1) is 16.5. The Morgan fingerprint density at radius 3 is 2.59 bits per heavy atom. The SMILES string of the molecule is Cc1ccc(S(=O)(=O)CCSNC(=O)c2cccnc2)cc1. The van der Waals surface area contributed by atoms with Crippen LogP contribution in [0.5, 0.6) is 0 Å². The van der Waals surface area contributed by atoms with Crippen molar-refractivity contribution in [2.75, 3.05) is 11.5 Å². The highest BCUT2D eigenvalue weighted by Gasteiger charge is 2.14. The number of hydrogen-bond donors (Lipinski definition) is 1. The Labute approximate surface area is 134 Å². The lowest BCUT2D eigenvalue weighted by Crippen LogP contribution is -2.18. The number of nitrogens with one attached hydrogen (secondary N) is 1. The minimum Gasteiger partial charge on any atom is -0.296 e. The molecule has 22 heavy (non-hydrogen) atoms. The van der Waals surface area contributed by atoms with Gasteiger partial charge in [0.25, 0.3) is 5.91 Å². The van der Waals surface area contributed by atoms with Crippen molar-refractivity contribution in [2.24, 2.45) is 0 Å². The zero-order valence-electron chi connectivity index (χ0n) is 12.0. The number of amides is 1. The molecular formula is C15H16N2O3S2. The molecule has 116 valence electrons. The monoisotopic (exact) mass is 336 g/mol. The van der Waals surface area contributed by atoms with Gasteiger partial charge in [0, 0.05) is 18.1 Å². The number of nitrogens with zero attached hydrogens (tertiary/aromatic N) is 1. The average Bonchev–Trinajstić information content (AvgIpc) is 2.52. The summed E-state index contributed by atoms with van der Waals surface area (Å²) in [6, 6.07) is 10.1. The van der Waals surface area contributed by atoms with Crippen LogP contribution in [0.2, 0.25) is 0 Å². The highest BCUT2D eigenvalue weighted by Crippen LogP contribution is 2.13. The summed E-state index contributed by atoms with van der Waals surface area (Å²) >= 11 is 1.07. The maximum atomic E-state index is 12.1. The standard InChI is InChI=1S/C15H16N2O3S2/c1-12-4-6-14(7-5-12)22(19,20)10-9-21-17-15(18)13-3-2-8-16-11-13/h2-8,11H,9-10H2,1H3,(H,17,18). The van der Waals surface area contributed by atoms with Crippen molar-refractivity contribution in [2.45, 2.75) is 11.8 Å². The smallest absolute Gasteiger partial charge is 0.262 e. The van der Waals surface area contributed by atoms with Crippen LogP contribution in [0.15, 0.2) is 53.7 Å². The Balaban J connectivity index is 1.83. The molecule has 1 heterocycles. The molecule has 7 heteroatoms. The molecule has 0 aliphatic rings. The van der Waals surface area contributed by atoms with E-state index in [-0.39, 0.29) is 17.4 Å². The fraction of sp³-hybridized carbons (Fsp3) is 0.200. The number of carbonyl (C=O) groups excluding carboxylic acids is 1. The molecule has 0 spiro atoms. The van der Waals surface area contributed by atoms with E-state index in [2.05, 4.69) is 9.71 Å². The Kier molecular flexibility index (Phi) is 5.57. The first-order valence-corrected chi connectivity index (χ1v) is 9.24. The molecule has 0 aliphatic heterocycles. The number of aromatic nitrogens is 1. The lowest BCUT2D eigenvalue weighted by Gasteiger charge is -2.06. The summed E-state index contributed by atoms with van der Waals surface area (Å²) in [5.41, 5.74) is 1.45. The van der Waals surface area contributed by atoms with Gasteiger partial charge in [-0.1, -0.05) is 17.7 Å². The van der Waals surface area contributed by atoms with Gasteiger partial charge < -0.3 is 0 Å². The van der Waals surface area contributed by atoms with Gasteiger partial charge in [-0.15, -0.1) is 0 Å². The Bertz CT molecular complexity index is 729. The molecule has 1 aromatic carbocycles. The lowest BCUT2D eigenvalue weighted by atomic mass is 10.2. The van der Waals surface area contributed by atoms with E-state index >= 15 is 0 Å². The van der Waals surface area contributed by atoms with Crippen LogP contribution in [0.1, 0.15) is 15.9 Å². The minimum absolute atomic E-state index is 0.0337. The molecule has 0 bridgehead atoms. The van der Waals surface area contributed by atoms with E-state index in [0.717, 1.165) is 17.5 Å². The number of sulfone groups is 1. The maximum Gasteiger partial charge on any atom is 0.262 e. The second-order valence-corrected chi connectivity index (χ2v) is 7.66. The molecule has 0 atom stereocenters. The number of benzene rings is 1. The predicted octanol–water partition coefficient (Wildman–Crippen LogP) is 2.24. The second kappa shape index (κ2) is 7.42. The van der Waals surface area contributed by atoms with Crippen LogP contribution in [0.25, 0.3) is 0 Å². The van der Waals surface area contributed by atoms with Crippen molar-refractivity contribution in [3.05, 3.63) is 59.9 Å². The van der Waals surface area contributed by atoms with Gasteiger partial charge in [0.15, 0.2) is 9.84 Å². The fourth-order valence-corrected chi connectivity index (χ4v) is 4.04. The van der Waals surface area contributed by atoms with Gasteiger partial charge in [0.05, 0.1) is 16.2 Å². The van der Waals surface area contributed by atoms with Crippen molar-refractivity contribution < 1.29 is 13.2 Å². The summed E-state index contributed by atoms with van der Waals surface area (Å²) < 4.78 is 26.8. The van der Waals surface area contributed by atoms with Crippen LogP contribution in [-0.2, 0) is 9.84 Å². The van der Waals surface area contributed by atoms with Crippen LogP contribution in [-0.4, -0.2) is 30.8 Å². The second-order valence-electron chi connectivity index (χ2n) is 4.65. The first-order chi connectivity index (χ1) is 10.5. The van der Waals surface area contributed by atoms with Crippen molar-refractivity contribution in [3.63, 3.8) is 0 Å². The van der Waals surface area contributed by atoms with Crippen molar-refractivity contribution in [1.29, 1.82) is 0 Å². The molecule has 2 rings (SSSR count). The summed E-state index contributed by atoms with van der Waals surface area (Å²) in [4.78, 5) is 15.9. The molecule has 2 aromatic rings. The van der Waals surface area contributed by atoms with E-state index in [1.807, 2.05) is 6.92 Å². The molecule has 0 saturated carbocycles. The zero-order valence-corrected chi connectivity index (χ0v) is 13.7. The van der Waals surface area contributed by atoms with E-state index in [9.17, 15) is 13.2 Å². The van der Waals surface area contributed by atoms with E-state index in [0.29, 0.717) is 10.5 Å². The molecule has 1 amide bonds. The van der Waals surface area contributed by atoms with Gasteiger partial charge in [-0.3, -0.25) is 14.5 Å². The average molecular weight is 336 g/mol. The Morgan fingerprint density at radius 1 is 1.23 bits per heavy atom. The highest BCUT2D eigenvalue weighted by atomic mass is 32.2. The molecule has 0 unspecified atom stereocenters. The number of pyridine rings is 1. The number of carbonyl (C=O) groups is 1. The third-order valence-electron chi connectivity index (χ3n) is 2.92. The van der Waals surface area contributed by atoms with Gasteiger partial charge in [0.2, 0.25) is 0 Å². The number of rotatable bonds is 6. The van der Waals surface area contributed by atoms with Gasteiger partial charge in [-0.2, -0.15) is 0 Å². The zero-order chi connectivity index (χ0) is 16.0. The number of hydrogen-bond acceptors (Lipinski definition) is 5. The molecule has 0 fully saturated rings. The fourth-order valence-electron chi connectivity index (χ4n) is 1.69. The van der Waals surface area contributed by atoms with Gasteiger partial charge in [-0.05, 0) is 43.1 Å². The molecule has 1 aromatic heterocycles. The van der Waals surface area contributed by atoms with Crippen molar-refractivity contribution in [3.8, 4) is 0 Å². The van der Waals surface area contributed by atoms with Crippen LogP contribution in [0, 0.1) is 6.92 Å². The molecule has 0 radical (unpaired) electrons. The van der Waals surface area contributed by atoms with Crippen LogP contribution < -0.4 is 4.72 Å². The van der Waals surface area contributed by atoms with Crippen molar-refractivity contribution in [1.82, 2.24) is 9.71 Å². The van der Waals surface area contributed by atoms with E-state index in [1.54, 1.807) is 42.6 Å². The third kappa shape index (κ3) is 4.57. The molecule has 1 N–H and O–H groups in total. The predicted molar refractivity (Wildman–Crippen MR) is 87.4 cm³/mol. The van der Waals surface area contributed by atoms with Crippen LogP contribution in [0.4, 0.5) is 0 Å². The van der Waals surface area contributed by atoms with Crippen molar-refractivity contribution >= 4 is 27.7 Å². The Morgan fingerprint density at radius 2 is 1.95 bits per heavy atom. The summed E-state index contributed by atoms with van der Waals surface area (Å²) in [5.74, 6) is -0.0400. The summed E-state index contributed by atoms with van der Waals surface area (Å²) in [6.45, 7) is 1.90. The Hall–Kier alpha value is -1.86. The molecule has 5 nitrogen and oxygen atoms in total. The van der Waals surface area contributed by atoms with E-state index in [1.165, 1.54) is 6.20 Å². The third-order valence-corrected chi connectivity index (χ3v) is 5.65. The first-order valence-electron chi connectivity index (χ1n) is 6.60. The maximum absolute atomic E-state index is 12.1. The van der Waals surface area contributed by atoms with Crippen LogP contribution >= 0.6 is 11.9 Å². The van der Waals surface area contributed by atoms with Gasteiger partial charge >= 0.3 is 0 Å². The van der Waals surface area contributed by atoms with Gasteiger partial charge in [0.1, 0.15) is 0 Å². The molecular weight excluding hydrogens is 320 g/mol. The summed E-state index contributed by atoms with van der Waals surface area (Å²) in [5, 5.41) is 0. The lowest BCUT2D eigenvalue weighted by molar-refractivity contribution is 0.0984. The minimum atomic E-state index is -3.32. The molecule has 0 saturated heterocycles. The largest absolute Gasteiger partial charge is 0.296 e. The summed E-state index contributed by atoms with van der Waals surface area (Å²) in [6.07, 6.45) is 3.04. The topological polar surface area (TPSA) is 76.1 Å². The number of aryl methyl sites for hydroxylation is 1. The molecule has 0 aliphatic carbocycles.